The third kappa shape index (κ3) is 2.30. The zero-order valence-corrected chi connectivity index (χ0v) is 11.3. The van der Waals surface area contributed by atoms with Crippen LogP contribution in [0.2, 0.25) is 0 Å². The molecule has 1 aliphatic heterocycles. The van der Waals surface area contributed by atoms with Crippen molar-refractivity contribution in [3.05, 3.63) is 47.0 Å². The minimum Gasteiger partial charge on any atom is -0.508 e. The van der Waals surface area contributed by atoms with Gasteiger partial charge in [-0.05, 0) is 19.1 Å². The van der Waals surface area contributed by atoms with E-state index in [1.165, 1.54) is 6.07 Å². The molecule has 104 valence electrons. The van der Waals surface area contributed by atoms with Crippen LogP contribution in [-0.2, 0) is 6.42 Å². The second kappa shape index (κ2) is 4.88. The molecule has 2 N–H and O–H groups in total. The van der Waals surface area contributed by atoms with Crippen molar-refractivity contribution in [3.63, 3.8) is 0 Å². The van der Waals surface area contributed by atoms with Gasteiger partial charge in [-0.2, -0.15) is 0 Å². The molecule has 3 rings (SSSR count). The first-order valence-electron chi connectivity index (χ1n) is 6.41. The Morgan fingerprint density at radius 2 is 1.95 bits per heavy atom. The highest BCUT2D eigenvalue weighted by Crippen LogP contribution is 2.40. The Balaban J connectivity index is 2.17. The van der Waals surface area contributed by atoms with Crippen LogP contribution in [-0.4, -0.2) is 16.0 Å². The predicted molar refractivity (Wildman–Crippen MR) is 76.9 cm³/mol. The number of hydrogen-bond acceptors (Lipinski definition) is 4. The number of carbonyl (C=O) groups is 1. The summed E-state index contributed by atoms with van der Waals surface area (Å²) >= 11 is 0. The average Bonchev–Trinajstić information content (AvgIpc) is 2.54. The van der Waals surface area contributed by atoms with E-state index in [0.717, 1.165) is 17.2 Å². The molecule has 1 aliphatic rings. The molecule has 0 saturated heterocycles. The zero-order valence-electron chi connectivity index (χ0n) is 11.3. The van der Waals surface area contributed by atoms with Gasteiger partial charge >= 0.3 is 0 Å². The third-order valence-corrected chi connectivity index (χ3v) is 3.25. The molecule has 0 bridgehead atoms. The molecule has 0 aromatic heterocycles. The minimum absolute atomic E-state index is 0.0899. The lowest BCUT2D eigenvalue weighted by atomic mass is 10.0. The molecule has 21 heavy (non-hydrogen) atoms. The van der Waals surface area contributed by atoms with E-state index >= 15 is 0 Å². The number of ether oxygens (including phenoxy) is 1. The minimum atomic E-state index is -0.281. The number of ketones is 1. The van der Waals surface area contributed by atoms with Crippen molar-refractivity contribution >= 4 is 5.78 Å². The van der Waals surface area contributed by atoms with Gasteiger partial charge in [0.2, 0.25) is 0 Å². The lowest BCUT2D eigenvalue weighted by Gasteiger charge is -2.10. The normalized spacial score (nSPS) is 12.3. The van der Waals surface area contributed by atoms with E-state index in [4.69, 9.17) is 4.74 Å². The zero-order chi connectivity index (χ0) is 15.0. The van der Waals surface area contributed by atoms with Crippen LogP contribution in [0.25, 0.3) is 0 Å². The molecular formula is C17H12O4. The molecule has 1 heterocycles. The molecule has 0 fully saturated rings. The second-order valence-electron chi connectivity index (χ2n) is 4.74. The molecule has 0 atom stereocenters. The van der Waals surface area contributed by atoms with Gasteiger partial charge in [0, 0.05) is 29.7 Å². The van der Waals surface area contributed by atoms with E-state index in [0.29, 0.717) is 5.75 Å². The van der Waals surface area contributed by atoms with Gasteiger partial charge in [0.25, 0.3) is 0 Å². The summed E-state index contributed by atoms with van der Waals surface area (Å²) in [6.45, 7) is 1.74. The average molecular weight is 280 g/mol. The molecule has 4 heteroatoms. The first-order valence-corrected chi connectivity index (χ1v) is 6.41. The van der Waals surface area contributed by atoms with Gasteiger partial charge < -0.3 is 14.9 Å². The molecule has 2 aromatic rings. The number of carbonyl (C=O) groups excluding carboxylic acids is 1. The summed E-state index contributed by atoms with van der Waals surface area (Å²) < 4.78 is 5.71. The largest absolute Gasteiger partial charge is 0.508 e. The van der Waals surface area contributed by atoms with Gasteiger partial charge in [0.15, 0.2) is 5.78 Å². The van der Waals surface area contributed by atoms with E-state index in [1.807, 2.05) is 6.07 Å². The number of rotatable bonds is 0. The summed E-state index contributed by atoms with van der Waals surface area (Å²) in [6, 6.07) is 7.80. The maximum Gasteiger partial charge on any atom is 0.174 e. The maximum atomic E-state index is 12.3. The van der Waals surface area contributed by atoms with Gasteiger partial charge in [-0.1, -0.05) is 12.0 Å². The Hall–Kier alpha value is -2.93. The lowest BCUT2D eigenvalue weighted by Crippen LogP contribution is -2.02. The molecule has 0 aliphatic carbocycles. The maximum absolute atomic E-state index is 12.3. The van der Waals surface area contributed by atoms with Crippen LogP contribution in [0.3, 0.4) is 0 Å². The summed E-state index contributed by atoms with van der Waals surface area (Å²) in [6.07, 6.45) is 0.125. The van der Waals surface area contributed by atoms with Gasteiger partial charge in [-0.15, -0.1) is 5.92 Å². The third-order valence-electron chi connectivity index (χ3n) is 3.25. The summed E-state index contributed by atoms with van der Waals surface area (Å²) in [5, 5.41) is 19.4. The van der Waals surface area contributed by atoms with Crippen LogP contribution in [0.4, 0.5) is 0 Å². The number of aromatic hydroxyl groups is 2. The number of fused-ring (bicyclic) bond motifs is 2. The van der Waals surface area contributed by atoms with Crippen LogP contribution in [0.5, 0.6) is 23.0 Å². The quantitative estimate of drug-likeness (QED) is 0.728. The summed E-state index contributed by atoms with van der Waals surface area (Å²) in [4.78, 5) is 12.3. The lowest BCUT2D eigenvalue weighted by molar-refractivity contribution is 0.0991. The highest BCUT2D eigenvalue weighted by Gasteiger charge is 2.25. The molecular weight excluding hydrogens is 268 g/mol. The predicted octanol–water partition coefficient (Wildman–Crippen LogP) is 3.00. The van der Waals surface area contributed by atoms with Crippen molar-refractivity contribution in [2.75, 3.05) is 0 Å². The van der Waals surface area contributed by atoms with Crippen molar-refractivity contribution in [1.29, 1.82) is 0 Å². The first-order chi connectivity index (χ1) is 10.1. The number of hydrogen-bond donors (Lipinski definition) is 2. The Morgan fingerprint density at radius 1 is 1.14 bits per heavy atom. The van der Waals surface area contributed by atoms with Gasteiger partial charge in [0.1, 0.15) is 28.6 Å². The van der Waals surface area contributed by atoms with E-state index in [9.17, 15) is 15.0 Å². The molecule has 0 saturated carbocycles. The Morgan fingerprint density at radius 3 is 2.71 bits per heavy atom. The molecule has 0 spiro atoms. The van der Waals surface area contributed by atoms with Crippen molar-refractivity contribution in [1.82, 2.24) is 0 Å². The molecule has 4 nitrogen and oxygen atoms in total. The van der Waals surface area contributed by atoms with E-state index < -0.39 is 0 Å². The number of phenols is 2. The smallest absolute Gasteiger partial charge is 0.174 e. The van der Waals surface area contributed by atoms with Crippen molar-refractivity contribution < 1.29 is 19.7 Å². The highest BCUT2D eigenvalue weighted by molar-refractivity contribution is 6.03. The van der Waals surface area contributed by atoms with E-state index in [2.05, 4.69) is 11.8 Å². The molecule has 2 aromatic carbocycles. The Kier molecular flexibility index (Phi) is 3.03. The van der Waals surface area contributed by atoms with E-state index in [-0.39, 0.29) is 35.0 Å². The standard InChI is InChI=1S/C17H12O4/c1-2-3-10-4-5-11-7-13(19)17-14(20)8-12(18)9-16(17)21-15(11)6-10/h4-6,8-9,18,20H,7H2,1H3. The number of benzene rings is 2. The first kappa shape index (κ1) is 13.1. The summed E-state index contributed by atoms with van der Waals surface area (Å²) in [5.74, 6) is 5.68. The molecule has 0 radical (unpaired) electrons. The fraction of sp³-hybridized carbons (Fsp3) is 0.118. The monoisotopic (exact) mass is 280 g/mol. The Labute approximate surface area is 121 Å². The topological polar surface area (TPSA) is 66.8 Å². The van der Waals surface area contributed by atoms with Crippen LogP contribution in [0.15, 0.2) is 30.3 Å². The van der Waals surface area contributed by atoms with Crippen molar-refractivity contribution in [2.24, 2.45) is 0 Å². The molecule has 0 unspecified atom stereocenters. The number of phenolic OH excluding ortho intramolecular Hbond substituents is 2. The van der Waals surface area contributed by atoms with Crippen molar-refractivity contribution in [3.8, 4) is 34.8 Å². The second-order valence-corrected chi connectivity index (χ2v) is 4.74. The van der Waals surface area contributed by atoms with Crippen LogP contribution < -0.4 is 4.74 Å². The van der Waals surface area contributed by atoms with E-state index in [1.54, 1.807) is 19.1 Å². The summed E-state index contributed by atoms with van der Waals surface area (Å²) in [7, 11) is 0. The van der Waals surface area contributed by atoms with Crippen LogP contribution in [0, 0.1) is 11.8 Å². The molecule has 0 amide bonds. The number of Topliss-reactive ketones (excluding diaryl/α,β-unsaturated/α-hetero) is 1. The van der Waals surface area contributed by atoms with Gasteiger partial charge in [-0.25, -0.2) is 0 Å². The van der Waals surface area contributed by atoms with Crippen molar-refractivity contribution in [2.45, 2.75) is 13.3 Å². The fourth-order valence-corrected chi connectivity index (χ4v) is 2.34. The van der Waals surface area contributed by atoms with Crippen LogP contribution >= 0.6 is 0 Å². The van der Waals surface area contributed by atoms with Gasteiger partial charge in [0.05, 0.1) is 0 Å². The highest BCUT2D eigenvalue weighted by atomic mass is 16.5. The Bertz CT molecular complexity index is 810. The van der Waals surface area contributed by atoms with Crippen LogP contribution in [0.1, 0.15) is 28.4 Å². The SMILES string of the molecule is CC#Cc1ccc2c(c1)Oc1cc(O)cc(O)c1C(=O)C2. The summed E-state index contributed by atoms with van der Waals surface area (Å²) in [5.41, 5.74) is 1.58. The van der Waals surface area contributed by atoms with Gasteiger partial charge in [-0.3, -0.25) is 4.79 Å². The fourth-order valence-electron chi connectivity index (χ4n) is 2.34.